The summed E-state index contributed by atoms with van der Waals surface area (Å²) in [5.41, 5.74) is -0.436. The molecule has 1 rings (SSSR count). The van der Waals surface area contributed by atoms with Gasteiger partial charge in [0.05, 0.1) is 18.8 Å². The molecule has 1 unspecified atom stereocenters. The van der Waals surface area contributed by atoms with Crippen LogP contribution in [0.5, 0.6) is 11.5 Å². The van der Waals surface area contributed by atoms with Crippen molar-refractivity contribution in [3.63, 3.8) is 0 Å². The monoisotopic (exact) mass is 253 g/mol. The molecule has 0 aliphatic carbocycles. The van der Waals surface area contributed by atoms with E-state index < -0.39 is 5.54 Å². The highest BCUT2D eigenvalue weighted by atomic mass is 16.5. The van der Waals surface area contributed by atoms with Gasteiger partial charge in [0, 0.05) is 0 Å². The first-order valence-electron chi connectivity index (χ1n) is 6.35. The van der Waals surface area contributed by atoms with Gasteiger partial charge < -0.3 is 19.9 Å². The fourth-order valence-corrected chi connectivity index (χ4v) is 1.66. The van der Waals surface area contributed by atoms with Gasteiger partial charge in [0.2, 0.25) is 0 Å². The van der Waals surface area contributed by atoms with Crippen LogP contribution in [0.3, 0.4) is 0 Å². The van der Waals surface area contributed by atoms with Gasteiger partial charge in [0.15, 0.2) is 11.5 Å². The van der Waals surface area contributed by atoms with Crippen molar-refractivity contribution < 1.29 is 14.6 Å². The number of rotatable bonds is 8. The standard InChI is InChI=1S/C14H23NO3/c1-4-15-14(3,10-16)11-18-13-9-7-6-8-12(13)17-5-2/h6-9,15-16H,4-5,10-11H2,1-3H3. The first-order chi connectivity index (χ1) is 8.65. The van der Waals surface area contributed by atoms with Crippen LogP contribution in [0.4, 0.5) is 0 Å². The Balaban J connectivity index is 2.67. The summed E-state index contributed by atoms with van der Waals surface area (Å²) in [7, 11) is 0. The number of aliphatic hydroxyl groups is 1. The Labute approximate surface area is 109 Å². The van der Waals surface area contributed by atoms with Gasteiger partial charge in [0.25, 0.3) is 0 Å². The molecule has 0 spiro atoms. The molecule has 0 saturated carbocycles. The third-order valence-corrected chi connectivity index (χ3v) is 2.65. The van der Waals surface area contributed by atoms with E-state index in [0.29, 0.717) is 19.0 Å². The molecular formula is C14H23NO3. The van der Waals surface area contributed by atoms with Gasteiger partial charge in [-0.3, -0.25) is 0 Å². The second-order valence-electron chi connectivity index (χ2n) is 4.42. The summed E-state index contributed by atoms with van der Waals surface area (Å²) in [6, 6.07) is 7.56. The van der Waals surface area contributed by atoms with Gasteiger partial charge in [-0.05, 0) is 32.5 Å². The Bertz CT molecular complexity index is 357. The normalized spacial score (nSPS) is 14.0. The van der Waals surface area contributed by atoms with E-state index in [1.54, 1.807) is 0 Å². The third-order valence-electron chi connectivity index (χ3n) is 2.65. The van der Waals surface area contributed by atoms with E-state index in [-0.39, 0.29) is 6.61 Å². The van der Waals surface area contributed by atoms with Crippen molar-refractivity contribution in [3.8, 4) is 11.5 Å². The Morgan fingerprint density at radius 2 is 1.78 bits per heavy atom. The quantitative estimate of drug-likeness (QED) is 0.742. The van der Waals surface area contributed by atoms with Crippen molar-refractivity contribution in [1.29, 1.82) is 0 Å². The Hall–Kier alpha value is -1.26. The molecule has 0 fully saturated rings. The molecule has 0 amide bonds. The van der Waals surface area contributed by atoms with Crippen molar-refractivity contribution >= 4 is 0 Å². The summed E-state index contributed by atoms with van der Waals surface area (Å²) in [5, 5.41) is 12.6. The van der Waals surface area contributed by atoms with Crippen molar-refractivity contribution in [3.05, 3.63) is 24.3 Å². The molecule has 2 N–H and O–H groups in total. The molecule has 0 saturated heterocycles. The number of likely N-dealkylation sites (N-methyl/N-ethyl adjacent to an activating group) is 1. The van der Waals surface area contributed by atoms with Crippen LogP contribution in [0.2, 0.25) is 0 Å². The van der Waals surface area contributed by atoms with Gasteiger partial charge in [0.1, 0.15) is 6.61 Å². The minimum absolute atomic E-state index is 0.0254. The highest BCUT2D eigenvalue weighted by Crippen LogP contribution is 2.27. The van der Waals surface area contributed by atoms with E-state index in [0.717, 1.165) is 12.3 Å². The molecule has 18 heavy (non-hydrogen) atoms. The molecule has 4 heteroatoms. The second kappa shape index (κ2) is 7.24. The number of hydrogen-bond acceptors (Lipinski definition) is 4. The maximum Gasteiger partial charge on any atom is 0.161 e. The van der Waals surface area contributed by atoms with Crippen molar-refractivity contribution in [1.82, 2.24) is 5.32 Å². The lowest BCUT2D eigenvalue weighted by atomic mass is 10.1. The van der Waals surface area contributed by atoms with Crippen LogP contribution in [0.25, 0.3) is 0 Å². The Kier molecular flexibility index (Phi) is 5.95. The van der Waals surface area contributed by atoms with Crippen LogP contribution in [0.15, 0.2) is 24.3 Å². The molecule has 0 aliphatic heterocycles. The molecule has 102 valence electrons. The molecule has 4 nitrogen and oxygen atoms in total. The molecule has 1 aromatic rings. The molecule has 0 bridgehead atoms. The first-order valence-corrected chi connectivity index (χ1v) is 6.35. The maximum absolute atomic E-state index is 9.39. The van der Waals surface area contributed by atoms with E-state index in [1.807, 2.05) is 45.0 Å². The summed E-state index contributed by atoms with van der Waals surface area (Å²) < 4.78 is 11.2. The van der Waals surface area contributed by atoms with Gasteiger partial charge in [-0.1, -0.05) is 19.1 Å². The molecule has 1 aromatic carbocycles. The maximum atomic E-state index is 9.39. The van der Waals surface area contributed by atoms with Gasteiger partial charge >= 0.3 is 0 Å². The molecule has 0 heterocycles. The van der Waals surface area contributed by atoms with Crippen LogP contribution in [0.1, 0.15) is 20.8 Å². The third kappa shape index (κ3) is 4.20. The van der Waals surface area contributed by atoms with E-state index in [1.165, 1.54) is 0 Å². The number of ether oxygens (including phenoxy) is 2. The van der Waals surface area contributed by atoms with E-state index in [9.17, 15) is 5.11 Å². The van der Waals surface area contributed by atoms with Gasteiger partial charge in [-0.15, -0.1) is 0 Å². The van der Waals surface area contributed by atoms with E-state index in [2.05, 4.69) is 5.32 Å². The fraction of sp³-hybridized carbons (Fsp3) is 0.571. The predicted octanol–water partition coefficient (Wildman–Crippen LogP) is 1.82. The number of aliphatic hydroxyl groups excluding tert-OH is 1. The number of para-hydroxylation sites is 2. The lowest BCUT2D eigenvalue weighted by Crippen LogP contribution is -2.50. The second-order valence-corrected chi connectivity index (χ2v) is 4.42. The fourth-order valence-electron chi connectivity index (χ4n) is 1.66. The molecule has 1 atom stereocenters. The van der Waals surface area contributed by atoms with Crippen LogP contribution in [-0.2, 0) is 0 Å². The van der Waals surface area contributed by atoms with Crippen LogP contribution >= 0.6 is 0 Å². The summed E-state index contributed by atoms with van der Waals surface area (Å²) >= 11 is 0. The molecule has 0 aliphatic rings. The summed E-state index contributed by atoms with van der Waals surface area (Å²) in [4.78, 5) is 0. The minimum Gasteiger partial charge on any atom is -0.490 e. The topological polar surface area (TPSA) is 50.7 Å². The molecule has 0 radical (unpaired) electrons. The van der Waals surface area contributed by atoms with Crippen LogP contribution < -0.4 is 14.8 Å². The molecule has 0 aromatic heterocycles. The highest BCUT2D eigenvalue weighted by molar-refractivity contribution is 5.39. The largest absolute Gasteiger partial charge is 0.490 e. The van der Waals surface area contributed by atoms with Gasteiger partial charge in [-0.2, -0.15) is 0 Å². The highest BCUT2D eigenvalue weighted by Gasteiger charge is 2.23. The van der Waals surface area contributed by atoms with Crippen molar-refractivity contribution in [2.75, 3.05) is 26.4 Å². The van der Waals surface area contributed by atoms with Crippen LogP contribution in [-0.4, -0.2) is 37.0 Å². The summed E-state index contributed by atoms with van der Waals surface area (Å²) in [6.07, 6.45) is 0. The zero-order valence-electron chi connectivity index (χ0n) is 11.4. The average Bonchev–Trinajstić information content (AvgIpc) is 2.38. The van der Waals surface area contributed by atoms with Crippen molar-refractivity contribution in [2.45, 2.75) is 26.3 Å². The average molecular weight is 253 g/mol. The minimum atomic E-state index is -0.436. The number of benzene rings is 1. The van der Waals surface area contributed by atoms with E-state index in [4.69, 9.17) is 9.47 Å². The molecular weight excluding hydrogens is 230 g/mol. The smallest absolute Gasteiger partial charge is 0.161 e. The lowest BCUT2D eigenvalue weighted by Gasteiger charge is -2.28. The lowest BCUT2D eigenvalue weighted by molar-refractivity contribution is 0.115. The summed E-state index contributed by atoms with van der Waals surface area (Å²) in [5.74, 6) is 1.44. The number of hydrogen-bond donors (Lipinski definition) is 2. The predicted molar refractivity (Wildman–Crippen MR) is 72.3 cm³/mol. The zero-order chi connectivity index (χ0) is 13.4. The summed E-state index contributed by atoms with van der Waals surface area (Å²) in [6.45, 7) is 7.67. The van der Waals surface area contributed by atoms with Gasteiger partial charge in [-0.25, -0.2) is 0 Å². The first kappa shape index (κ1) is 14.8. The Morgan fingerprint density at radius 3 is 2.28 bits per heavy atom. The van der Waals surface area contributed by atoms with E-state index >= 15 is 0 Å². The zero-order valence-corrected chi connectivity index (χ0v) is 11.4. The number of nitrogens with one attached hydrogen (secondary N) is 1. The SMILES string of the molecule is CCNC(C)(CO)COc1ccccc1OCC. The Morgan fingerprint density at radius 1 is 1.17 bits per heavy atom. The van der Waals surface area contributed by atoms with Crippen molar-refractivity contribution in [2.24, 2.45) is 0 Å². The van der Waals surface area contributed by atoms with Crippen LogP contribution in [0, 0.1) is 0 Å².